The number of amides is 2. The molecule has 5 heteroatoms. The fraction of sp³-hybridized carbons (Fsp3) is 0.556. The molecule has 2 rings (SSSR count). The second kappa shape index (κ2) is 7.49. The van der Waals surface area contributed by atoms with E-state index < -0.39 is 5.41 Å². The Morgan fingerprint density at radius 2 is 2.00 bits per heavy atom. The molecule has 0 radical (unpaired) electrons. The molecule has 2 N–H and O–H groups in total. The number of hydrogen-bond acceptors (Lipinski definition) is 3. The Balaban J connectivity index is 1.75. The lowest BCUT2D eigenvalue weighted by Gasteiger charge is -2.26. The first-order valence-electron chi connectivity index (χ1n) is 8.17. The highest BCUT2D eigenvalue weighted by Gasteiger charge is 2.23. The Hall–Kier alpha value is -2.04. The Kier molecular flexibility index (Phi) is 5.64. The zero-order chi connectivity index (χ0) is 16.9. The first-order chi connectivity index (χ1) is 10.9. The smallest absolute Gasteiger partial charge is 0.225 e. The van der Waals surface area contributed by atoms with Gasteiger partial charge in [-0.1, -0.05) is 39.0 Å². The van der Waals surface area contributed by atoms with Crippen LogP contribution in [0, 0.1) is 5.41 Å². The van der Waals surface area contributed by atoms with Crippen LogP contribution in [0.1, 0.15) is 51.6 Å². The molecular formula is C18H26N2O3. The third-order valence-electron chi connectivity index (χ3n) is 3.84. The minimum Gasteiger partial charge on any atom is -0.493 e. The monoisotopic (exact) mass is 318 g/mol. The van der Waals surface area contributed by atoms with E-state index >= 15 is 0 Å². The van der Waals surface area contributed by atoms with Crippen LogP contribution in [0.15, 0.2) is 24.3 Å². The molecular weight excluding hydrogens is 292 g/mol. The van der Waals surface area contributed by atoms with Gasteiger partial charge < -0.3 is 15.4 Å². The Bertz CT molecular complexity index is 564. The van der Waals surface area contributed by atoms with Crippen molar-refractivity contribution in [3.05, 3.63) is 29.8 Å². The standard InChI is InChI=1S/C18H26N2O3/c1-18(2,3)17(22)19-11-6-9-16(21)20-14-10-12-23-15-8-5-4-7-13(14)15/h4-5,7-8,14H,6,9-12H2,1-3H3,(H,19,22)(H,20,21)/t14-/m0/s1. The summed E-state index contributed by atoms with van der Waals surface area (Å²) in [5.41, 5.74) is 0.641. The van der Waals surface area contributed by atoms with Crippen molar-refractivity contribution in [3.63, 3.8) is 0 Å². The van der Waals surface area contributed by atoms with E-state index in [-0.39, 0.29) is 17.9 Å². The van der Waals surface area contributed by atoms with Crippen molar-refractivity contribution < 1.29 is 14.3 Å². The van der Waals surface area contributed by atoms with Gasteiger partial charge in [0, 0.05) is 30.4 Å². The van der Waals surface area contributed by atoms with Crippen LogP contribution in [0.2, 0.25) is 0 Å². The van der Waals surface area contributed by atoms with Gasteiger partial charge in [0.2, 0.25) is 11.8 Å². The van der Waals surface area contributed by atoms with E-state index in [2.05, 4.69) is 10.6 Å². The maximum absolute atomic E-state index is 12.1. The SMILES string of the molecule is CC(C)(C)C(=O)NCCCC(=O)N[C@H]1CCOc2ccccc21. The number of para-hydroxylation sites is 1. The topological polar surface area (TPSA) is 67.4 Å². The molecule has 1 aliphatic rings. The molecule has 126 valence electrons. The minimum absolute atomic E-state index is 0.0104. The molecule has 1 aromatic carbocycles. The number of fused-ring (bicyclic) bond motifs is 1. The number of ether oxygens (including phenoxy) is 1. The number of nitrogens with one attached hydrogen (secondary N) is 2. The molecule has 0 saturated heterocycles. The van der Waals surface area contributed by atoms with E-state index in [0.29, 0.717) is 26.0 Å². The molecule has 0 fully saturated rings. The van der Waals surface area contributed by atoms with Gasteiger partial charge in [-0.2, -0.15) is 0 Å². The molecule has 1 heterocycles. The van der Waals surface area contributed by atoms with Crippen molar-refractivity contribution in [1.82, 2.24) is 10.6 Å². The number of benzene rings is 1. The van der Waals surface area contributed by atoms with Gasteiger partial charge >= 0.3 is 0 Å². The summed E-state index contributed by atoms with van der Waals surface area (Å²) < 4.78 is 5.59. The highest BCUT2D eigenvalue weighted by Crippen LogP contribution is 2.31. The quantitative estimate of drug-likeness (QED) is 0.820. The number of carbonyl (C=O) groups is 2. The molecule has 0 bridgehead atoms. The Morgan fingerprint density at radius 1 is 1.26 bits per heavy atom. The van der Waals surface area contributed by atoms with Gasteiger partial charge in [-0.25, -0.2) is 0 Å². The second-order valence-electron chi connectivity index (χ2n) is 6.90. The summed E-state index contributed by atoms with van der Waals surface area (Å²) in [5.74, 6) is 0.870. The summed E-state index contributed by atoms with van der Waals surface area (Å²) >= 11 is 0. The van der Waals surface area contributed by atoms with Gasteiger partial charge in [0.1, 0.15) is 5.75 Å². The first-order valence-corrected chi connectivity index (χ1v) is 8.17. The third kappa shape index (κ3) is 4.98. The van der Waals surface area contributed by atoms with E-state index in [1.807, 2.05) is 45.0 Å². The van der Waals surface area contributed by atoms with Crippen LogP contribution >= 0.6 is 0 Å². The summed E-state index contributed by atoms with van der Waals surface area (Å²) in [6.07, 6.45) is 1.83. The highest BCUT2D eigenvalue weighted by atomic mass is 16.5. The lowest BCUT2D eigenvalue weighted by atomic mass is 9.96. The maximum atomic E-state index is 12.1. The molecule has 2 amide bonds. The zero-order valence-electron chi connectivity index (χ0n) is 14.1. The van der Waals surface area contributed by atoms with Gasteiger partial charge in [0.25, 0.3) is 0 Å². The Labute approximate surface area is 137 Å². The molecule has 0 aliphatic carbocycles. The second-order valence-corrected chi connectivity index (χ2v) is 6.90. The lowest BCUT2D eigenvalue weighted by Crippen LogP contribution is -2.36. The van der Waals surface area contributed by atoms with Crippen molar-refractivity contribution in [2.45, 2.75) is 46.1 Å². The lowest BCUT2D eigenvalue weighted by molar-refractivity contribution is -0.128. The van der Waals surface area contributed by atoms with Crippen LogP contribution in [-0.2, 0) is 9.59 Å². The zero-order valence-corrected chi connectivity index (χ0v) is 14.1. The average molecular weight is 318 g/mol. The van der Waals surface area contributed by atoms with Gasteiger partial charge in [-0.15, -0.1) is 0 Å². The van der Waals surface area contributed by atoms with Crippen molar-refractivity contribution in [3.8, 4) is 5.75 Å². The molecule has 1 aliphatic heterocycles. The maximum Gasteiger partial charge on any atom is 0.225 e. The third-order valence-corrected chi connectivity index (χ3v) is 3.84. The summed E-state index contributed by atoms with van der Waals surface area (Å²) in [6.45, 7) is 6.75. The fourth-order valence-electron chi connectivity index (χ4n) is 2.47. The van der Waals surface area contributed by atoms with E-state index in [9.17, 15) is 9.59 Å². The summed E-state index contributed by atoms with van der Waals surface area (Å²) in [5, 5.41) is 5.92. The number of carbonyl (C=O) groups excluding carboxylic acids is 2. The Morgan fingerprint density at radius 3 is 2.74 bits per heavy atom. The van der Waals surface area contributed by atoms with Crippen molar-refractivity contribution in [1.29, 1.82) is 0 Å². The van der Waals surface area contributed by atoms with E-state index in [1.54, 1.807) is 0 Å². The van der Waals surface area contributed by atoms with Crippen LogP contribution in [-0.4, -0.2) is 25.0 Å². The molecule has 0 saturated carbocycles. The molecule has 1 aromatic rings. The van der Waals surface area contributed by atoms with Crippen LogP contribution in [0.5, 0.6) is 5.75 Å². The molecule has 5 nitrogen and oxygen atoms in total. The normalized spacial score (nSPS) is 16.9. The average Bonchev–Trinajstić information content (AvgIpc) is 2.51. The van der Waals surface area contributed by atoms with Crippen LogP contribution in [0.3, 0.4) is 0 Å². The van der Waals surface area contributed by atoms with E-state index in [4.69, 9.17) is 4.74 Å². The van der Waals surface area contributed by atoms with Crippen molar-refractivity contribution in [2.75, 3.05) is 13.2 Å². The number of rotatable bonds is 5. The summed E-state index contributed by atoms with van der Waals surface area (Å²) in [7, 11) is 0. The predicted molar refractivity (Wildman–Crippen MR) is 89.1 cm³/mol. The summed E-state index contributed by atoms with van der Waals surface area (Å²) in [4.78, 5) is 23.8. The van der Waals surface area contributed by atoms with Crippen molar-refractivity contribution in [2.24, 2.45) is 5.41 Å². The van der Waals surface area contributed by atoms with Gasteiger partial charge in [-0.3, -0.25) is 9.59 Å². The molecule has 0 spiro atoms. The van der Waals surface area contributed by atoms with Crippen LogP contribution in [0.25, 0.3) is 0 Å². The van der Waals surface area contributed by atoms with Gasteiger partial charge in [-0.05, 0) is 12.5 Å². The molecule has 23 heavy (non-hydrogen) atoms. The molecule has 0 aromatic heterocycles. The fourth-order valence-corrected chi connectivity index (χ4v) is 2.47. The van der Waals surface area contributed by atoms with E-state index in [1.165, 1.54) is 0 Å². The minimum atomic E-state index is -0.395. The van der Waals surface area contributed by atoms with Gasteiger partial charge in [0.15, 0.2) is 0 Å². The molecule has 0 unspecified atom stereocenters. The van der Waals surface area contributed by atoms with Crippen LogP contribution < -0.4 is 15.4 Å². The highest BCUT2D eigenvalue weighted by molar-refractivity contribution is 5.81. The largest absolute Gasteiger partial charge is 0.493 e. The van der Waals surface area contributed by atoms with Gasteiger partial charge in [0.05, 0.1) is 12.6 Å². The first kappa shape index (κ1) is 17.3. The predicted octanol–water partition coefficient (Wildman–Crippen LogP) is 2.57. The van der Waals surface area contributed by atoms with Crippen molar-refractivity contribution >= 4 is 11.8 Å². The van der Waals surface area contributed by atoms with Crippen LogP contribution in [0.4, 0.5) is 0 Å². The molecule has 1 atom stereocenters. The number of hydrogen-bond donors (Lipinski definition) is 2. The van der Waals surface area contributed by atoms with E-state index in [0.717, 1.165) is 17.7 Å². The summed E-state index contributed by atoms with van der Waals surface area (Å²) in [6, 6.07) is 7.81.